The van der Waals surface area contributed by atoms with Gasteiger partial charge in [-0.1, -0.05) is 6.07 Å². The number of nitrogens with one attached hydrogen (secondary N) is 2. The predicted octanol–water partition coefficient (Wildman–Crippen LogP) is 3.48. The molecule has 3 rings (SSSR count). The Morgan fingerprint density at radius 3 is 2.37 bits per heavy atom. The van der Waals surface area contributed by atoms with Crippen molar-refractivity contribution in [1.82, 2.24) is 15.3 Å². The normalized spacial score (nSPS) is 10.5. The van der Waals surface area contributed by atoms with Crippen LogP contribution in [0.15, 0.2) is 48.5 Å². The number of hydrogen-bond donors (Lipinski definition) is 2. The molecule has 0 aliphatic rings. The summed E-state index contributed by atoms with van der Waals surface area (Å²) in [5.74, 6) is -1.86. The number of benzene rings is 2. The second kappa shape index (κ2) is 9.03. The van der Waals surface area contributed by atoms with E-state index in [9.17, 15) is 23.7 Å². The number of amides is 1. The van der Waals surface area contributed by atoms with Crippen LogP contribution in [-0.4, -0.2) is 33.9 Å². The van der Waals surface area contributed by atoms with Crippen LogP contribution in [0.2, 0.25) is 0 Å². The van der Waals surface area contributed by atoms with Gasteiger partial charge < -0.3 is 10.6 Å². The molecule has 10 heteroatoms. The van der Waals surface area contributed by atoms with Gasteiger partial charge >= 0.3 is 0 Å². The number of nitrogens with zero attached hydrogens (tertiary/aromatic N) is 3. The summed E-state index contributed by atoms with van der Waals surface area (Å²) in [7, 11) is 0. The fraction of sp³-hybridized carbons (Fsp3) is 0.150. The van der Waals surface area contributed by atoms with Crippen LogP contribution in [0.25, 0.3) is 11.4 Å². The Labute approximate surface area is 170 Å². The first kappa shape index (κ1) is 20.8. The van der Waals surface area contributed by atoms with E-state index in [-0.39, 0.29) is 18.8 Å². The van der Waals surface area contributed by atoms with E-state index in [1.165, 1.54) is 18.2 Å². The van der Waals surface area contributed by atoms with Gasteiger partial charge in [-0.05, 0) is 31.2 Å². The Morgan fingerprint density at radius 2 is 1.73 bits per heavy atom. The molecule has 3 aromatic rings. The van der Waals surface area contributed by atoms with Crippen molar-refractivity contribution in [3.8, 4) is 11.4 Å². The highest BCUT2D eigenvalue weighted by atomic mass is 19.1. The maximum absolute atomic E-state index is 13.6. The zero-order valence-electron chi connectivity index (χ0n) is 15.9. The summed E-state index contributed by atoms with van der Waals surface area (Å²) in [5.41, 5.74) is 0.608. The van der Waals surface area contributed by atoms with Crippen molar-refractivity contribution in [2.75, 3.05) is 18.4 Å². The fourth-order valence-electron chi connectivity index (χ4n) is 2.69. The average Bonchev–Trinajstić information content (AvgIpc) is 2.71. The number of aromatic nitrogens is 2. The molecule has 30 heavy (non-hydrogen) atoms. The number of hydrogen-bond acceptors (Lipinski definition) is 6. The molecular weight excluding hydrogens is 396 g/mol. The molecule has 0 radical (unpaired) electrons. The smallest absolute Gasteiger partial charge is 0.269 e. The molecule has 0 fully saturated rings. The van der Waals surface area contributed by atoms with Crippen molar-refractivity contribution in [3.05, 3.63) is 81.5 Å². The quantitative estimate of drug-likeness (QED) is 0.349. The van der Waals surface area contributed by atoms with Crippen molar-refractivity contribution in [3.63, 3.8) is 0 Å². The molecule has 2 N–H and O–H groups in total. The molecular formula is C20H17F2N5O3. The minimum atomic E-state index is -0.931. The van der Waals surface area contributed by atoms with Crippen LogP contribution in [0.5, 0.6) is 0 Å². The largest absolute Gasteiger partial charge is 0.368 e. The monoisotopic (exact) mass is 413 g/mol. The van der Waals surface area contributed by atoms with Crippen molar-refractivity contribution >= 4 is 17.4 Å². The lowest BCUT2D eigenvalue weighted by molar-refractivity contribution is -0.384. The lowest BCUT2D eigenvalue weighted by Crippen LogP contribution is -2.30. The van der Waals surface area contributed by atoms with Gasteiger partial charge in [0.1, 0.15) is 23.0 Å². The third-order valence-corrected chi connectivity index (χ3v) is 4.10. The van der Waals surface area contributed by atoms with Crippen LogP contribution in [0.3, 0.4) is 0 Å². The van der Waals surface area contributed by atoms with E-state index in [0.29, 0.717) is 22.9 Å². The highest BCUT2D eigenvalue weighted by Gasteiger charge is 2.16. The second-order valence-corrected chi connectivity index (χ2v) is 6.30. The molecule has 1 heterocycles. The van der Waals surface area contributed by atoms with Gasteiger partial charge in [0.25, 0.3) is 11.6 Å². The minimum Gasteiger partial charge on any atom is -0.368 e. The van der Waals surface area contributed by atoms with Crippen LogP contribution in [0, 0.1) is 28.7 Å². The summed E-state index contributed by atoms with van der Waals surface area (Å²) < 4.78 is 27.2. The van der Waals surface area contributed by atoms with Gasteiger partial charge in [-0.3, -0.25) is 14.9 Å². The van der Waals surface area contributed by atoms with Gasteiger partial charge in [-0.15, -0.1) is 0 Å². The molecule has 154 valence electrons. The van der Waals surface area contributed by atoms with E-state index >= 15 is 0 Å². The summed E-state index contributed by atoms with van der Waals surface area (Å²) in [6, 6.07) is 10.7. The molecule has 0 aliphatic carbocycles. The molecule has 0 aliphatic heterocycles. The van der Waals surface area contributed by atoms with E-state index in [1.807, 2.05) is 0 Å². The number of carbonyl (C=O) groups excluding carboxylic acids is 1. The second-order valence-electron chi connectivity index (χ2n) is 6.30. The first-order valence-corrected chi connectivity index (χ1v) is 8.92. The molecule has 1 aromatic heterocycles. The third-order valence-electron chi connectivity index (χ3n) is 4.10. The molecule has 0 bridgehead atoms. The standard InChI is InChI=1S/C20H17F2N5O3/c1-12-11-17(26-19(25-12)13-5-7-14(8-6-13)27(29)30)23-9-10-24-20(28)18-15(21)3-2-4-16(18)22/h2-8,11H,9-10H2,1H3,(H,24,28)(H,23,25,26). The third kappa shape index (κ3) is 4.90. The van der Waals surface area contributed by atoms with Gasteiger partial charge in [0.05, 0.1) is 4.92 Å². The Morgan fingerprint density at radius 1 is 1.07 bits per heavy atom. The Bertz CT molecular complexity index is 1070. The van der Waals surface area contributed by atoms with Crippen molar-refractivity contribution in [2.24, 2.45) is 0 Å². The summed E-state index contributed by atoms with van der Waals surface area (Å²) in [4.78, 5) is 30.9. The summed E-state index contributed by atoms with van der Waals surface area (Å²) in [6.45, 7) is 2.12. The zero-order chi connectivity index (χ0) is 21.7. The molecule has 0 atom stereocenters. The Hall–Kier alpha value is -3.95. The van der Waals surface area contributed by atoms with Gasteiger partial charge in [0.15, 0.2) is 5.82 Å². The van der Waals surface area contributed by atoms with E-state index in [2.05, 4.69) is 20.6 Å². The topological polar surface area (TPSA) is 110 Å². The van der Waals surface area contributed by atoms with Gasteiger partial charge in [-0.2, -0.15) is 0 Å². The highest BCUT2D eigenvalue weighted by molar-refractivity contribution is 5.94. The van der Waals surface area contributed by atoms with E-state index in [4.69, 9.17) is 0 Å². The Kier molecular flexibility index (Phi) is 6.26. The van der Waals surface area contributed by atoms with E-state index in [1.54, 1.807) is 25.1 Å². The fourth-order valence-corrected chi connectivity index (χ4v) is 2.69. The first-order valence-electron chi connectivity index (χ1n) is 8.92. The predicted molar refractivity (Wildman–Crippen MR) is 106 cm³/mol. The van der Waals surface area contributed by atoms with Crippen molar-refractivity contribution < 1.29 is 18.5 Å². The average molecular weight is 413 g/mol. The van der Waals surface area contributed by atoms with Crippen LogP contribution in [-0.2, 0) is 0 Å². The molecule has 2 aromatic carbocycles. The maximum Gasteiger partial charge on any atom is 0.269 e. The number of nitro groups is 1. The SMILES string of the molecule is Cc1cc(NCCNC(=O)c2c(F)cccc2F)nc(-c2ccc([N+](=O)[O-])cc2)n1. The maximum atomic E-state index is 13.6. The summed E-state index contributed by atoms with van der Waals surface area (Å²) in [5, 5.41) is 16.2. The molecule has 0 saturated carbocycles. The van der Waals surface area contributed by atoms with Crippen molar-refractivity contribution in [2.45, 2.75) is 6.92 Å². The number of carbonyl (C=O) groups is 1. The lowest BCUT2D eigenvalue weighted by atomic mass is 10.2. The number of anilines is 1. The zero-order valence-corrected chi connectivity index (χ0v) is 15.9. The number of nitro benzene ring substituents is 1. The van der Waals surface area contributed by atoms with Gasteiger partial charge in [0.2, 0.25) is 0 Å². The highest BCUT2D eigenvalue weighted by Crippen LogP contribution is 2.21. The number of aryl methyl sites for hydroxylation is 1. The molecule has 0 spiro atoms. The van der Waals surface area contributed by atoms with Crippen LogP contribution in [0.1, 0.15) is 16.1 Å². The summed E-state index contributed by atoms with van der Waals surface area (Å²) in [6.07, 6.45) is 0. The number of non-ortho nitro benzene ring substituents is 1. The van der Waals surface area contributed by atoms with Crippen LogP contribution < -0.4 is 10.6 Å². The molecule has 0 saturated heterocycles. The Balaban J connectivity index is 1.62. The lowest BCUT2D eigenvalue weighted by Gasteiger charge is -2.10. The first-order chi connectivity index (χ1) is 14.3. The molecule has 8 nitrogen and oxygen atoms in total. The summed E-state index contributed by atoms with van der Waals surface area (Å²) >= 11 is 0. The van der Waals surface area contributed by atoms with Gasteiger partial charge in [0, 0.05) is 42.5 Å². The van der Waals surface area contributed by atoms with Crippen LogP contribution >= 0.6 is 0 Å². The molecule has 0 unspecified atom stereocenters. The van der Waals surface area contributed by atoms with E-state index in [0.717, 1.165) is 12.1 Å². The minimum absolute atomic E-state index is 0.0354. The molecule has 1 amide bonds. The van der Waals surface area contributed by atoms with Crippen LogP contribution in [0.4, 0.5) is 20.3 Å². The van der Waals surface area contributed by atoms with Crippen molar-refractivity contribution in [1.29, 1.82) is 0 Å². The van der Waals surface area contributed by atoms with E-state index < -0.39 is 28.0 Å². The number of rotatable bonds is 7. The van der Waals surface area contributed by atoms with Gasteiger partial charge in [-0.25, -0.2) is 18.7 Å². The number of halogens is 2.